The molecule has 6 nitrogen and oxygen atoms in total. The van der Waals surface area contributed by atoms with Crippen LogP contribution in [0.25, 0.3) is 0 Å². The van der Waals surface area contributed by atoms with E-state index in [9.17, 15) is 0 Å². The highest BCUT2D eigenvalue weighted by Gasteiger charge is 2.34. The van der Waals surface area contributed by atoms with Crippen molar-refractivity contribution < 1.29 is 4.74 Å². The lowest BCUT2D eigenvalue weighted by Crippen LogP contribution is -2.46. The number of aromatic nitrogens is 3. The fourth-order valence-electron chi connectivity index (χ4n) is 4.14. The number of likely N-dealkylation sites (tertiary alicyclic amines) is 1. The van der Waals surface area contributed by atoms with Crippen molar-refractivity contribution in [2.24, 2.45) is 7.05 Å². The molecule has 0 bridgehead atoms. The minimum atomic E-state index is 0.134. The van der Waals surface area contributed by atoms with Gasteiger partial charge in [0.1, 0.15) is 6.10 Å². The molecule has 1 N–H and O–H groups in total. The average Bonchev–Trinajstić information content (AvgIpc) is 3.24. The van der Waals surface area contributed by atoms with Crippen molar-refractivity contribution in [1.29, 1.82) is 0 Å². The standard InChI is InChI=1S/C20H29N5O/c1-15-18(13-22-24(15)2)20-19(8-12-26-20)23-16-6-10-25(11-7-16)14-17-5-3-4-9-21-17/h3-5,9,13,16,19-20,23H,6-8,10-12,14H2,1-2H3/t19-,20+/m0/s1. The molecular formula is C20H29N5O. The summed E-state index contributed by atoms with van der Waals surface area (Å²) in [5, 5.41) is 8.27. The number of hydrogen-bond acceptors (Lipinski definition) is 5. The summed E-state index contributed by atoms with van der Waals surface area (Å²) in [5.41, 5.74) is 3.60. The number of aryl methyl sites for hydroxylation is 1. The van der Waals surface area contributed by atoms with E-state index in [1.807, 2.05) is 30.2 Å². The van der Waals surface area contributed by atoms with Gasteiger partial charge in [0.15, 0.2) is 0 Å². The Morgan fingerprint density at radius 3 is 2.77 bits per heavy atom. The van der Waals surface area contributed by atoms with Crippen LogP contribution >= 0.6 is 0 Å². The second kappa shape index (κ2) is 7.86. The molecule has 0 amide bonds. The third-order valence-corrected chi connectivity index (χ3v) is 5.82. The summed E-state index contributed by atoms with van der Waals surface area (Å²) >= 11 is 0. The second-order valence-corrected chi connectivity index (χ2v) is 7.53. The topological polar surface area (TPSA) is 55.2 Å². The predicted molar refractivity (Wildman–Crippen MR) is 101 cm³/mol. The molecule has 140 valence electrons. The van der Waals surface area contributed by atoms with E-state index in [-0.39, 0.29) is 6.10 Å². The van der Waals surface area contributed by atoms with Gasteiger partial charge in [-0.3, -0.25) is 14.6 Å². The number of rotatable bonds is 5. The normalized spacial score (nSPS) is 25.0. The Labute approximate surface area is 155 Å². The van der Waals surface area contributed by atoms with E-state index < -0.39 is 0 Å². The third-order valence-electron chi connectivity index (χ3n) is 5.82. The summed E-state index contributed by atoms with van der Waals surface area (Å²) in [6.45, 7) is 6.15. The molecule has 2 aromatic heterocycles. The Kier molecular flexibility index (Phi) is 5.33. The van der Waals surface area contributed by atoms with E-state index in [2.05, 4.69) is 39.4 Å². The lowest BCUT2D eigenvalue weighted by molar-refractivity contribution is 0.0912. The Morgan fingerprint density at radius 1 is 1.23 bits per heavy atom. The van der Waals surface area contributed by atoms with Gasteiger partial charge in [-0.05, 0) is 38.3 Å². The van der Waals surface area contributed by atoms with Gasteiger partial charge in [0.25, 0.3) is 0 Å². The fourth-order valence-corrected chi connectivity index (χ4v) is 4.14. The summed E-state index contributed by atoms with van der Waals surface area (Å²) < 4.78 is 7.99. The van der Waals surface area contributed by atoms with Crippen molar-refractivity contribution in [3.63, 3.8) is 0 Å². The van der Waals surface area contributed by atoms with Crippen LogP contribution < -0.4 is 5.32 Å². The minimum absolute atomic E-state index is 0.134. The maximum absolute atomic E-state index is 6.05. The molecule has 4 rings (SSSR count). The predicted octanol–water partition coefficient (Wildman–Crippen LogP) is 2.21. The molecule has 0 saturated carbocycles. The molecule has 0 radical (unpaired) electrons. The van der Waals surface area contributed by atoms with Crippen LogP contribution in [0.3, 0.4) is 0 Å². The lowest BCUT2D eigenvalue weighted by atomic mass is 9.98. The van der Waals surface area contributed by atoms with Gasteiger partial charge in [-0.15, -0.1) is 0 Å². The molecule has 2 atom stereocenters. The number of pyridine rings is 1. The smallest absolute Gasteiger partial charge is 0.101 e. The summed E-state index contributed by atoms with van der Waals surface area (Å²) in [5.74, 6) is 0. The molecule has 2 saturated heterocycles. The van der Waals surface area contributed by atoms with E-state index in [4.69, 9.17) is 4.74 Å². The highest BCUT2D eigenvalue weighted by molar-refractivity contribution is 5.22. The second-order valence-electron chi connectivity index (χ2n) is 7.53. The number of piperidine rings is 1. The van der Waals surface area contributed by atoms with Crippen LogP contribution in [0, 0.1) is 6.92 Å². The Hall–Kier alpha value is -1.76. The summed E-state index contributed by atoms with van der Waals surface area (Å²) in [4.78, 5) is 6.96. The lowest BCUT2D eigenvalue weighted by Gasteiger charge is -2.34. The first-order valence-electron chi connectivity index (χ1n) is 9.69. The number of nitrogens with one attached hydrogen (secondary N) is 1. The average molecular weight is 355 g/mol. The van der Waals surface area contributed by atoms with Crippen molar-refractivity contribution in [1.82, 2.24) is 25.0 Å². The van der Waals surface area contributed by atoms with Gasteiger partial charge in [-0.1, -0.05) is 6.07 Å². The zero-order valence-corrected chi connectivity index (χ0v) is 15.8. The molecule has 26 heavy (non-hydrogen) atoms. The van der Waals surface area contributed by atoms with Crippen molar-refractivity contribution in [3.8, 4) is 0 Å². The van der Waals surface area contributed by atoms with Crippen LogP contribution in [0.4, 0.5) is 0 Å². The first kappa shape index (κ1) is 17.6. The van der Waals surface area contributed by atoms with Crippen LogP contribution in [-0.4, -0.2) is 51.4 Å². The summed E-state index contributed by atoms with van der Waals surface area (Å²) in [7, 11) is 1.99. The molecule has 4 heterocycles. The zero-order chi connectivity index (χ0) is 17.9. The van der Waals surface area contributed by atoms with Gasteiger partial charge in [0.2, 0.25) is 0 Å². The first-order valence-corrected chi connectivity index (χ1v) is 9.69. The van der Waals surface area contributed by atoms with Gasteiger partial charge in [-0.2, -0.15) is 5.10 Å². The molecule has 0 spiro atoms. The van der Waals surface area contributed by atoms with Crippen molar-refractivity contribution in [2.45, 2.75) is 50.9 Å². The SMILES string of the molecule is Cc1c([C@H]2OCC[C@@H]2NC2CCN(Cc3ccccn3)CC2)cnn1C. The van der Waals surface area contributed by atoms with Gasteiger partial charge >= 0.3 is 0 Å². The Balaban J connectivity index is 1.30. The monoisotopic (exact) mass is 355 g/mol. The van der Waals surface area contributed by atoms with E-state index in [0.717, 1.165) is 38.4 Å². The van der Waals surface area contributed by atoms with Crippen LogP contribution in [0.5, 0.6) is 0 Å². The molecule has 2 aliphatic heterocycles. The molecular weight excluding hydrogens is 326 g/mol. The Bertz CT molecular complexity index is 708. The van der Waals surface area contributed by atoms with Gasteiger partial charge < -0.3 is 10.1 Å². The van der Waals surface area contributed by atoms with E-state index in [0.29, 0.717) is 12.1 Å². The molecule has 6 heteroatoms. The largest absolute Gasteiger partial charge is 0.372 e. The zero-order valence-electron chi connectivity index (χ0n) is 15.8. The molecule has 0 aromatic carbocycles. The number of ether oxygens (including phenoxy) is 1. The molecule has 2 aromatic rings. The van der Waals surface area contributed by atoms with Crippen LogP contribution in [0.15, 0.2) is 30.6 Å². The maximum Gasteiger partial charge on any atom is 0.101 e. The quantitative estimate of drug-likeness (QED) is 0.891. The van der Waals surface area contributed by atoms with E-state index in [1.165, 1.54) is 24.1 Å². The van der Waals surface area contributed by atoms with Crippen molar-refractivity contribution in [3.05, 3.63) is 47.5 Å². The molecule has 2 fully saturated rings. The Morgan fingerprint density at radius 2 is 2.08 bits per heavy atom. The van der Waals surface area contributed by atoms with Crippen molar-refractivity contribution >= 4 is 0 Å². The highest BCUT2D eigenvalue weighted by Crippen LogP contribution is 2.32. The van der Waals surface area contributed by atoms with Gasteiger partial charge in [0, 0.05) is 62.8 Å². The maximum atomic E-state index is 6.05. The van der Waals surface area contributed by atoms with Crippen LogP contribution in [0.2, 0.25) is 0 Å². The van der Waals surface area contributed by atoms with Crippen molar-refractivity contribution in [2.75, 3.05) is 19.7 Å². The molecule has 2 aliphatic rings. The third kappa shape index (κ3) is 3.82. The molecule has 0 unspecified atom stereocenters. The number of hydrogen-bond donors (Lipinski definition) is 1. The van der Waals surface area contributed by atoms with E-state index >= 15 is 0 Å². The minimum Gasteiger partial charge on any atom is -0.372 e. The molecule has 0 aliphatic carbocycles. The van der Waals surface area contributed by atoms with Crippen LogP contribution in [-0.2, 0) is 18.3 Å². The summed E-state index contributed by atoms with van der Waals surface area (Å²) in [6, 6.07) is 7.12. The first-order chi connectivity index (χ1) is 12.7. The fraction of sp³-hybridized carbons (Fsp3) is 0.600. The van der Waals surface area contributed by atoms with E-state index in [1.54, 1.807) is 0 Å². The highest BCUT2D eigenvalue weighted by atomic mass is 16.5. The van der Waals surface area contributed by atoms with Gasteiger partial charge in [-0.25, -0.2) is 0 Å². The van der Waals surface area contributed by atoms with Crippen LogP contribution in [0.1, 0.15) is 42.3 Å². The van der Waals surface area contributed by atoms with Gasteiger partial charge in [0.05, 0.1) is 11.9 Å². The summed E-state index contributed by atoms with van der Waals surface area (Å²) in [6.07, 6.45) is 7.42. The number of nitrogens with zero attached hydrogens (tertiary/aromatic N) is 4.